The fraction of sp³-hybridized carbons (Fsp3) is 0.714. The van der Waals surface area contributed by atoms with Gasteiger partial charge in [0.1, 0.15) is 0 Å². The highest BCUT2D eigenvalue weighted by Crippen LogP contribution is 2.42. The number of amides is 1. The molecule has 1 amide bonds. The molecule has 6 heteroatoms. The Kier molecular flexibility index (Phi) is 3.30. The number of nitrogens with two attached hydrogens (primary N) is 1. The summed E-state index contributed by atoms with van der Waals surface area (Å²) in [6.45, 7) is 4.66. The largest absolute Gasteiger partial charge is 0.383 e. The Bertz CT molecular complexity index is 527. The Balaban J connectivity index is 1.73. The van der Waals surface area contributed by atoms with Crippen LogP contribution in [0.1, 0.15) is 28.9 Å². The minimum Gasteiger partial charge on any atom is -0.383 e. The lowest BCUT2D eigenvalue weighted by molar-refractivity contribution is 0.0784. The van der Waals surface area contributed by atoms with Gasteiger partial charge in [0, 0.05) is 31.4 Å². The van der Waals surface area contributed by atoms with Crippen molar-refractivity contribution in [1.82, 2.24) is 14.7 Å². The molecule has 2 N–H and O–H groups in total. The van der Waals surface area contributed by atoms with Crippen molar-refractivity contribution in [3.63, 3.8) is 0 Å². The van der Waals surface area contributed by atoms with Gasteiger partial charge in [-0.1, -0.05) is 0 Å². The molecule has 0 unspecified atom stereocenters. The number of carbonyl (C=O) groups is 1. The number of fused-ring (bicyclic) bond motifs is 1. The van der Waals surface area contributed by atoms with E-state index in [2.05, 4.69) is 5.10 Å². The number of ether oxygens (including phenoxy) is 1. The van der Waals surface area contributed by atoms with Gasteiger partial charge in [0.2, 0.25) is 0 Å². The van der Waals surface area contributed by atoms with Gasteiger partial charge in [-0.05, 0) is 25.7 Å². The van der Waals surface area contributed by atoms with Gasteiger partial charge in [-0.15, -0.1) is 0 Å². The smallest absolute Gasteiger partial charge is 0.257 e. The van der Waals surface area contributed by atoms with Crippen molar-refractivity contribution < 1.29 is 9.53 Å². The minimum absolute atomic E-state index is 0.0605. The van der Waals surface area contributed by atoms with E-state index < -0.39 is 0 Å². The molecule has 2 atom stereocenters. The van der Waals surface area contributed by atoms with Crippen molar-refractivity contribution >= 4 is 5.91 Å². The predicted octanol–water partition coefficient (Wildman–Crippen LogP) is 0.401. The molecule has 0 aromatic carbocycles. The molecule has 3 rings (SSSR count). The Morgan fingerprint density at radius 1 is 1.65 bits per heavy atom. The molecule has 2 aliphatic rings. The van der Waals surface area contributed by atoms with Crippen LogP contribution in [-0.4, -0.2) is 52.9 Å². The second-order valence-electron chi connectivity index (χ2n) is 6.01. The van der Waals surface area contributed by atoms with E-state index in [4.69, 9.17) is 10.5 Å². The van der Waals surface area contributed by atoms with Crippen LogP contribution in [0.2, 0.25) is 0 Å². The number of rotatable bonds is 4. The van der Waals surface area contributed by atoms with Crippen LogP contribution in [0.25, 0.3) is 0 Å². The average molecular weight is 278 g/mol. The van der Waals surface area contributed by atoms with E-state index in [-0.39, 0.29) is 11.4 Å². The van der Waals surface area contributed by atoms with Gasteiger partial charge in [-0.2, -0.15) is 5.10 Å². The molecule has 2 heterocycles. The third-order valence-corrected chi connectivity index (χ3v) is 4.83. The summed E-state index contributed by atoms with van der Waals surface area (Å²) in [5, 5.41) is 4.27. The molecule has 6 nitrogen and oxygen atoms in total. The lowest BCUT2D eigenvalue weighted by Crippen LogP contribution is -2.54. The number of carbonyl (C=O) groups excluding carboxylic acids is 1. The van der Waals surface area contributed by atoms with Crippen molar-refractivity contribution in [1.29, 1.82) is 0 Å². The van der Waals surface area contributed by atoms with Crippen LogP contribution in [0.15, 0.2) is 6.20 Å². The third-order valence-electron chi connectivity index (χ3n) is 4.83. The molecular formula is C14H22N4O2. The molecule has 0 bridgehead atoms. The molecule has 1 aromatic rings. The summed E-state index contributed by atoms with van der Waals surface area (Å²) >= 11 is 0. The normalized spacial score (nSPS) is 28.4. The fourth-order valence-electron chi connectivity index (χ4n) is 3.27. The second-order valence-corrected chi connectivity index (χ2v) is 6.01. The molecule has 1 saturated carbocycles. The van der Waals surface area contributed by atoms with Gasteiger partial charge in [0.05, 0.1) is 24.9 Å². The van der Waals surface area contributed by atoms with E-state index in [1.807, 2.05) is 16.5 Å². The van der Waals surface area contributed by atoms with Crippen molar-refractivity contribution in [3.05, 3.63) is 17.5 Å². The average Bonchev–Trinajstić information content (AvgIpc) is 2.89. The molecule has 2 fully saturated rings. The van der Waals surface area contributed by atoms with E-state index in [9.17, 15) is 4.79 Å². The molecule has 1 aromatic heterocycles. The predicted molar refractivity (Wildman–Crippen MR) is 74.4 cm³/mol. The first kappa shape index (κ1) is 13.6. The Morgan fingerprint density at radius 2 is 2.45 bits per heavy atom. The molecule has 1 saturated heterocycles. The summed E-state index contributed by atoms with van der Waals surface area (Å²) < 4.78 is 6.87. The first-order valence-corrected chi connectivity index (χ1v) is 7.14. The number of hydrogen-bond donors (Lipinski definition) is 1. The third kappa shape index (κ3) is 2.03. The molecule has 1 aliphatic heterocycles. The van der Waals surface area contributed by atoms with Crippen LogP contribution in [0.4, 0.5) is 0 Å². The first-order chi connectivity index (χ1) is 9.55. The Labute approximate surface area is 118 Å². The number of nitrogens with zero attached hydrogens (tertiary/aromatic N) is 3. The van der Waals surface area contributed by atoms with Crippen LogP contribution in [0.3, 0.4) is 0 Å². The molecule has 20 heavy (non-hydrogen) atoms. The number of hydrogen-bond acceptors (Lipinski definition) is 4. The molecule has 0 radical (unpaired) electrons. The lowest BCUT2D eigenvalue weighted by atomic mass is 9.70. The van der Waals surface area contributed by atoms with Crippen LogP contribution in [-0.2, 0) is 11.3 Å². The maximum absolute atomic E-state index is 12.6. The summed E-state index contributed by atoms with van der Waals surface area (Å²) in [5.41, 5.74) is 7.75. The molecule has 1 aliphatic carbocycles. The highest BCUT2D eigenvalue weighted by molar-refractivity contribution is 5.95. The van der Waals surface area contributed by atoms with Crippen molar-refractivity contribution in [2.24, 2.45) is 11.7 Å². The van der Waals surface area contributed by atoms with Gasteiger partial charge in [0.25, 0.3) is 5.91 Å². The van der Waals surface area contributed by atoms with Crippen LogP contribution in [0, 0.1) is 12.8 Å². The topological polar surface area (TPSA) is 73.4 Å². The summed E-state index contributed by atoms with van der Waals surface area (Å²) in [6, 6.07) is 0. The van der Waals surface area contributed by atoms with Crippen LogP contribution in [0.5, 0.6) is 0 Å². The summed E-state index contributed by atoms with van der Waals surface area (Å²) in [7, 11) is 1.66. The Morgan fingerprint density at radius 3 is 3.00 bits per heavy atom. The van der Waals surface area contributed by atoms with E-state index in [0.717, 1.165) is 25.1 Å². The number of methoxy groups -OCH3 is 1. The maximum Gasteiger partial charge on any atom is 0.257 e. The summed E-state index contributed by atoms with van der Waals surface area (Å²) in [5.74, 6) is 0.542. The minimum atomic E-state index is -0.129. The van der Waals surface area contributed by atoms with E-state index in [0.29, 0.717) is 31.2 Å². The molecular weight excluding hydrogens is 256 g/mol. The molecule has 110 valence electrons. The fourth-order valence-corrected chi connectivity index (χ4v) is 3.27. The van der Waals surface area contributed by atoms with Crippen molar-refractivity contribution in [2.45, 2.75) is 31.8 Å². The molecule has 0 spiro atoms. The van der Waals surface area contributed by atoms with Crippen molar-refractivity contribution in [2.75, 3.05) is 26.8 Å². The lowest BCUT2D eigenvalue weighted by Gasteiger charge is -2.39. The monoisotopic (exact) mass is 278 g/mol. The zero-order valence-corrected chi connectivity index (χ0v) is 12.1. The van der Waals surface area contributed by atoms with Gasteiger partial charge in [0.15, 0.2) is 0 Å². The standard InChI is InChI=1S/C14H22N4O2/c1-10-12(7-16-18(10)5-6-20-2)13(19)17-8-11-3-4-14(11,15)9-17/h7,11H,3-6,8-9,15H2,1-2H3/t11-,14-/m0/s1. The van der Waals surface area contributed by atoms with Gasteiger partial charge >= 0.3 is 0 Å². The highest BCUT2D eigenvalue weighted by atomic mass is 16.5. The maximum atomic E-state index is 12.6. The second kappa shape index (κ2) is 4.86. The summed E-state index contributed by atoms with van der Waals surface area (Å²) in [4.78, 5) is 14.5. The summed E-state index contributed by atoms with van der Waals surface area (Å²) in [6.07, 6.45) is 3.84. The van der Waals surface area contributed by atoms with Crippen LogP contribution < -0.4 is 5.73 Å². The van der Waals surface area contributed by atoms with Gasteiger partial charge < -0.3 is 15.4 Å². The van der Waals surface area contributed by atoms with Crippen LogP contribution >= 0.6 is 0 Å². The quantitative estimate of drug-likeness (QED) is 0.865. The van der Waals surface area contributed by atoms with E-state index >= 15 is 0 Å². The zero-order chi connectivity index (χ0) is 14.3. The van der Waals surface area contributed by atoms with Gasteiger partial charge in [-0.25, -0.2) is 0 Å². The SMILES string of the molecule is COCCn1ncc(C(=O)N2C[C@@H]3CC[C@]3(N)C2)c1C. The number of aromatic nitrogens is 2. The van der Waals surface area contributed by atoms with Crippen molar-refractivity contribution in [3.8, 4) is 0 Å². The zero-order valence-electron chi connectivity index (χ0n) is 12.1. The Hall–Kier alpha value is -1.40. The highest BCUT2D eigenvalue weighted by Gasteiger charge is 2.51. The number of likely N-dealkylation sites (tertiary alicyclic amines) is 1. The van der Waals surface area contributed by atoms with E-state index in [1.165, 1.54) is 0 Å². The van der Waals surface area contributed by atoms with E-state index in [1.54, 1.807) is 13.3 Å². The van der Waals surface area contributed by atoms with Gasteiger partial charge in [-0.3, -0.25) is 9.48 Å². The first-order valence-electron chi connectivity index (χ1n) is 7.14.